The summed E-state index contributed by atoms with van der Waals surface area (Å²) in [5.74, 6) is 0.157. The summed E-state index contributed by atoms with van der Waals surface area (Å²) in [5.41, 5.74) is 0.914. The molecule has 0 aromatic heterocycles. The van der Waals surface area contributed by atoms with Gasteiger partial charge >= 0.3 is 6.18 Å². The molecular formula is C15H21F3O2. The fourth-order valence-electron chi connectivity index (χ4n) is 1.87. The molecule has 0 heterocycles. The van der Waals surface area contributed by atoms with Gasteiger partial charge in [0.2, 0.25) is 0 Å². The third kappa shape index (κ3) is 6.28. The molecule has 0 fully saturated rings. The minimum Gasteiger partial charge on any atom is -0.508 e. The molecular weight excluding hydrogens is 269 g/mol. The van der Waals surface area contributed by atoms with Crippen molar-refractivity contribution in [3.05, 3.63) is 29.8 Å². The number of unbranched alkanes of at least 4 members (excludes halogenated alkanes) is 1. The Kier molecular flexibility index (Phi) is 6.85. The van der Waals surface area contributed by atoms with Gasteiger partial charge in [-0.1, -0.05) is 25.5 Å². The lowest BCUT2D eigenvalue weighted by Gasteiger charge is -2.20. The topological polar surface area (TPSA) is 29.5 Å². The molecule has 0 spiro atoms. The summed E-state index contributed by atoms with van der Waals surface area (Å²) < 4.78 is 43.2. The lowest BCUT2D eigenvalue weighted by atomic mass is 10.1. The van der Waals surface area contributed by atoms with Gasteiger partial charge < -0.3 is 9.84 Å². The van der Waals surface area contributed by atoms with Gasteiger partial charge in [0, 0.05) is 6.61 Å². The monoisotopic (exact) mass is 290 g/mol. The molecule has 2 nitrogen and oxygen atoms in total. The van der Waals surface area contributed by atoms with Gasteiger partial charge in [0.15, 0.2) is 6.10 Å². The lowest BCUT2D eigenvalue weighted by molar-refractivity contribution is -0.222. The zero-order valence-corrected chi connectivity index (χ0v) is 11.6. The minimum atomic E-state index is -4.30. The first-order chi connectivity index (χ1) is 9.43. The van der Waals surface area contributed by atoms with E-state index in [1.165, 1.54) is 12.1 Å². The number of hydrogen-bond donors (Lipinski definition) is 1. The molecule has 0 aliphatic heterocycles. The summed E-state index contributed by atoms with van der Waals surface area (Å²) in [7, 11) is 0. The Bertz CT molecular complexity index is 374. The number of aryl methyl sites for hydroxylation is 1. The standard InChI is InChI=1S/C15H21F3O2/c1-2-3-11-20-14(15(16,17)18)6-4-5-12-7-9-13(19)10-8-12/h7-10,14,19H,2-6,11H2,1H3. The Morgan fingerprint density at radius 3 is 2.35 bits per heavy atom. The van der Waals surface area contributed by atoms with Crippen molar-refractivity contribution in [1.82, 2.24) is 0 Å². The zero-order valence-electron chi connectivity index (χ0n) is 11.6. The predicted octanol–water partition coefficient (Wildman–Crippen LogP) is 4.46. The number of phenolic OH excluding ortho intramolecular Hbond substituents is 1. The van der Waals surface area contributed by atoms with Gasteiger partial charge in [-0.15, -0.1) is 0 Å². The molecule has 0 amide bonds. The summed E-state index contributed by atoms with van der Waals surface area (Å²) in [6.07, 6.45) is -3.60. The maximum atomic E-state index is 12.8. The third-order valence-electron chi connectivity index (χ3n) is 3.05. The Morgan fingerprint density at radius 2 is 1.80 bits per heavy atom. The van der Waals surface area contributed by atoms with Crippen molar-refractivity contribution >= 4 is 0 Å². The number of ether oxygens (including phenoxy) is 1. The highest BCUT2D eigenvalue weighted by molar-refractivity contribution is 5.25. The summed E-state index contributed by atoms with van der Waals surface area (Å²) in [5, 5.41) is 9.13. The molecule has 5 heteroatoms. The largest absolute Gasteiger partial charge is 0.508 e. The van der Waals surface area contributed by atoms with E-state index < -0.39 is 12.3 Å². The van der Waals surface area contributed by atoms with Crippen LogP contribution in [0.1, 0.15) is 38.2 Å². The van der Waals surface area contributed by atoms with Crippen molar-refractivity contribution in [2.75, 3.05) is 6.61 Å². The summed E-state index contributed by atoms with van der Waals surface area (Å²) in [4.78, 5) is 0. The van der Waals surface area contributed by atoms with Gasteiger partial charge in [0.25, 0.3) is 0 Å². The van der Waals surface area contributed by atoms with Gasteiger partial charge in [0.1, 0.15) is 5.75 Å². The van der Waals surface area contributed by atoms with E-state index in [0.717, 1.165) is 12.0 Å². The second-order valence-electron chi connectivity index (χ2n) is 4.81. The summed E-state index contributed by atoms with van der Waals surface area (Å²) in [6.45, 7) is 2.07. The Labute approximate surface area is 117 Å². The van der Waals surface area contributed by atoms with E-state index >= 15 is 0 Å². The first-order valence-corrected chi connectivity index (χ1v) is 6.89. The molecule has 1 unspecified atom stereocenters. The lowest BCUT2D eigenvalue weighted by Crippen LogP contribution is -2.32. The van der Waals surface area contributed by atoms with Crippen LogP contribution in [0, 0.1) is 0 Å². The fourth-order valence-corrected chi connectivity index (χ4v) is 1.87. The normalized spacial score (nSPS) is 13.4. The van der Waals surface area contributed by atoms with Crippen LogP contribution in [-0.4, -0.2) is 24.0 Å². The van der Waals surface area contributed by atoms with E-state index in [4.69, 9.17) is 9.84 Å². The van der Waals surface area contributed by atoms with E-state index in [1.54, 1.807) is 12.1 Å². The number of phenols is 1. The van der Waals surface area contributed by atoms with Crippen molar-refractivity contribution in [3.63, 3.8) is 0 Å². The van der Waals surface area contributed by atoms with Crippen molar-refractivity contribution in [3.8, 4) is 5.75 Å². The Balaban J connectivity index is 2.39. The van der Waals surface area contributed by atoms with Crippen LogP contribution >= 0.6 is 0 Å². The SMILES string of the molecule is CCCCOC(CCCc1ccc(O)cc1)C(F)(F)F. The van der Waals surface area contributed by atoms with E-state index in [-0.39, 0.29) is 18.8 Å². The molecule has 1 aromatic carbocycles. The van der Waals surface area contributed by atoms with E-state index in [2.05, 4.69) is 0 Å². The second-order valence-corrected chi connectivity index (χ2v) is 4.81. The summed E-state index contributed by atoms with van der Waals surface area (Å²) >= 11 is 0. The third-order valence-corrected chi connectivity index (χ3v) is 3.05. The number of hydrogen-bond acceptors (Lipinski definition) is 2. The molecule has 0 saturated heterocycles. The first kappa shape index (κ1) is 16.8. The van der Waals surface area contributed by atoms with Crippen LogP contribution < -0.4 is 0 Å². The van der Waals surface area contributed by atoms with Crippen LogP contribution in [-0.2, 0) is 11.2 Å². The van der Waals surface area contributed by atoms with E-state index in [0.29, 0.717) is 19.3 Å². The fraction of sp³-hybridized carbons (Fsp3) is 0.600. The Morgan fingerprint density at radius 1 is 1.15 bits per heavy atom. The van der Waals surface area contributed by atoms with Crippen LogP contribution in [0.25, 0.3) is 0 Å². The average molecular weight is 290 g/mol. The van der Waals surface area contributed by atoms with Crippen molar-refractivity contribution in [1.29, 1.82) is 0 Å². The van der Waals surface area contributed by atoms with Crippen LogP contribution in [0.5, 0.6) is 5.75 Å². The van der Waals surface area contributed by atoms with Crippen molar-refractivity contribution < 1.29 is 23.0 Å². The molecule has 1 rings (SSSR count). The number of alkyl halides is 3. The highest BCUT2D eigenvalue weighted by atomic mass is 19.4. The van der Waals surface area contributed by atoms with Crippen LogP contribution in [0.2, 0.25) is 0 Å². The van der Waals surface area contributed by atoms with Gasteiger partial charge in [-0.3, -0.25) is 0 Å². The maximum absolute atomic E-state index is 12.8. The minimum absolute atomic E-state index is 0.0336. The average Bonchev–Trinajstić information content (AvgIpc) is 2.38. The quantitative estimate of drug-likeness (QED) is 0.716. The highest BCUT2D eigenvalue weighted by Gasteiger charge is 2.39. The van der Waals surface area contributed by atoms with Gasteiger partial charge in [-0.25, -0.2) is 0 Å². The predicted molar refractivity (Wildman–Crippen MR) is 71.7 cm³/mol. The number of benzene rings is 1. The molecule has 0 aliphatic rings. The maximum Gasteiger partial charge on any atom is 0.414 e. The summed E-state index contributed by atoms with van der Waals surface area (Å²) in [6, 6.07) is 6.51. The van der Waals surface area contributed by atoms with Gasteiger partial charge in [-0.05, 0) is 43.4 Å². The van der Waals surface area contributed by atoms with Crippen molar-refractivity contribution in [2.45, 2.75) is 51.3 Å². The number of aromatic hydroxyl groups is 1. The Hall–Kier alpha value is -1.23. The van der Waals surface area contributed by atoms with Gasteiger partial charge in [-0.2, -0.15) is 13.2 Å². The first-order valence-electron chi connectivity index (χ1n) is 6.89. The highest BCUT2D eigenvalue weighted by Crippen LogP contribution is 2.27. The molecule has 0 aliphatic carbocycles. The molecule has 0 radical (unpaired) electrons. The molecule has 114 valence electrons. The zero-order chi connectivity index (χ0) is 15.0. The van der Waals surface area contributed by atoms with Crippen LogP contribution in [0.3, 0.4) is 0 Å². The number of rotatable bonds is 8. The van der Waals surface area contributed by atoms with Gasteiger partial charge in [0.05, 0.1) is 0 Å². The molecule has 0 saturated carbocycles. The molecule has 20 heavy (non-hydrogen) atoms. The second kappa shape index (κ2) is 8.15. The van der Waals surface area contributed by atoms with Crippen molar-refractivity contribution in [2.24, 2.45) is 0 Å². The smallest absolute Gasteiger partial charge is 0.414 e. The molecule has 1 N–H and O–H groups in total. The van der Waals surface area contributed by atoms with E-state index in [9.17, 15) is 13.2 Å². The van der Waals surface area contributed by atoms with E-state index in [1.807, 2.05) is 6.92 Å². The van der Waals surface area contributed by atoms with Crippen LogP contribution in [0.4, 0.5) is 13.2 Å². The molecule has 1 atom stereocenters. The van der Waals surface area contributed by atoms with Crippen LogP contribution in [0.15, 0.2) is 24.3 Å². The number of halogens is 3. The molecule has 0 bridgehead atoms. The molecule has 1 aromatic rings.